The molecule has 0 spiro atoms. The molecule has 2 aromatic rings. The molecule has 3 nitrogen and oxygen atoms in total. The predicted molar refractivity (Wildman–Crippen MR) is 77.9 cm³/mol. The summed E-state index contributed by atoms with van der Waals surface area (Å²) >= 11 is 6.46. The first-order valence-corrected chi connectivity index (χ1v) is 6.71. The minimum Gasteiger partial charge on any atom is -0.506 e. The van der Waals surface area contributed by atoms with Crippen molar-refractivity contribution >= 4 is 43.5 Å². The second-order valence-corrected chi connectivity index (χ2v) is 5.23. The van der Waals surface area contributed by atoms with E-state index in [1.54, 1.807) is 24.3 Å². The van der Waals surface area contributed by atoms with Crippen molar-refractivity contribution in [1.82, 2.24) is 0 Å². The van der Waals surface area contributed by atoms with Crippen molar-refractivity contribution in [1.29, 1.82) is 0 Å². The van der Waals surface area contributed by atoms with E-state index in [0.717, 1.165) is 0 Å². The third-order valence-corrected chi connectivity index (χ3v) is 4.34. The summed E-state index contributed by atoms with van der Waals surface area (Å²) in [5.41, 5.74) is 0.898. The molecular weight excluding hydrogens is 362 g/mol. The van der Waals surface area contributed by atoms with Gasteiger partial charge in [-0.3, -0.25) is 4.79 Å². The van der Waals surface area contributed by atoms with Crippen molar-refractivity contribution in [2.45, 2.75) is 0 Å². The summed E-state index contributed by atoms with van der Waals surface area (Å²) < 4.78 is 1.15. The van der Waals surface area contributed by atoms with E-state index in [-0.39, 0.29) is 17.2 Å². The van der Waals surface area contributed by atoms with Gasteiger partial charge in [0.1, 0.15) is 5.75 Å². The average Bonchev–Trinajstić information content (AvgIpc) is 2.37. The van der Waals surface area contributed by atoms with E-state index in [2.05, 4.69) is 37.2 Å². The van der Waals surface area contributed by atoms with Gasteiger partial charge in [0.25, 0.3) is 5.91 Å². The van der Waals surface area contributed by atoms with E-state index in [1.165, 1.54) is 0 Å². The summed E-state index contributed by atoms with van der Waals surface area (Å²) in [4.78, 5) is 12.0. The van der Waals surface area contributed by atoms with Gasteiger partial charge in [-0.15, -0.1) is 0 Å². The molecule has 2 N–H and O–H groups in total. The van der Waals surface area contributed by atoms with Crippen LogP contribution in [0.15, 0.2) is 51.4 Å². The molecule has 0 saturated heterocycles. The number of anilines is 1. The standard InChI is InChI=1S/C13H9Br2NO2/c14-10-7-6-9(12(17)11(10)15)13(18)16-8-4-2-1-3-5-8/h1-7,17H,(H,16,18). The van der Waals surface area contributed by atoms with Gasteiger partial charge in [-0.1, -0.05) is 18.2 Å². The van der Waals surface area contributed by atoms with Gasteiger partial charge in [-0.2, -0.15) is 0 Å². The van der Waals surface area contributed by atoms with Crippen molar-refractivity contribution in [3.05, 3.63) is 57.0 Å². The van der Waals surface area contributed by atoms with E-state index >= 15 is 0 Å². The van der Waals surface area contributed by atoms with Gasteiger partial charge in [0.05, 0.1) is 10.0 Å². The number of rotatable bonds is 2. The maximum atomic E-state index is 12.0. The lowest BCUT2D eigenvalue weighted by molar-refractivity contribution is 0.102. The minimum absolute atomic E-state index is 0.0854. The predicted octanol–water partition coefficient (Wildman–Crippen LogP) is 4.17. The SMILES string of the molecule is O=C(Nc1ccccc1)c1ccc(Br)c(Br)c1O. The number of amides is 1. The third-order valence-electron chi connectivity index (χ3n) is 2.35. The maximum Gasteiger partial charge on any atom is 0.259 e. The Labute approximate surface area is 121 Å². The summed E-state index contributed by atoms with van der Waals surface area (Å²) in [7, 11) is 0. The lowest BCUT2D eigenvalue weighted by Crippen LogP contribution is -2.12. The Balaban J connectivity index is 2.28. The summed E-state index contributed by atoms with van der Waals surface area (Å²) in [6.45, 7) is 0. The fraction of sp³-hybridized carbons (Fsp3) is 0. The van der Waals surface area contributed by atoms with E-state index in [0.29, 0.717) is 14.6 Å². The number of carbonyl (C=O) groups is 1. The van der Waals surface area contributed by atoms with Crippen molar-refractivity contribution in [2.24, 2.45) is 0 Å². The number of benzene rings is 2. The molecule has 0 saturated carbocycles. The molecule has 0 aliphatic carbocycles. The highest BCUT2D eigenvalue weighted by molar-refractivity contribution is 9.13. The first kappa shape index (κ1) is 13.1. The number of phenols is 1. The fourth-order valence-corrected chi connectivity index (χ4v) is 2.11. The van der Waals surface area contributed by atoms with Gasteiger partial charge in [0.2, 0.25) is 0 Å². The second kappa shape index (κ2) is 5.54. The zero-order valence-electron chi connectivity index (χ0n) is 9.15. The Morgan fingerprint density at radius 3 is 2.39 bits per heavy atom. The molecule has 1 amide bonds. The highest BCUT2D eigenvalue weighted by atomic mass is 79.9. The Morgan fingerprint density at radius 1 is 1.06 bits per heavy atom. The van der Waals surface area contributed by atoms with Crippen LogP contribution >= 0.6 is 31.9 Å². The van der Waals surface area contributed by atoms with Gasteiger partial charge in [-0.25, -0.2) is 0 Å². The zero-order valence-corrected chi connectivity index (χ0v) is 12.3. The van der Waals surface area contributed by atoms with E-state index in [9.17, 15) is 9.90 Å². The van der Waals surface area contributed by atoms with Crippen LogP contribution in [0.4, 0.5) is 5.69 Å². The molecule has 5 heteroatoms. The third kappa shape index (κ3) is 2.73. The minimum atomic E-state index is -0.355. The summed E-state index contributed by atoms with van der Waals surface area (Å²) in [6.07, 6.45) is 0. The van der Waals surface area contributed by atoms with Crippen molar-refractivity contribution < 1.29 is 9.90 Å². The Hall–Kier alpha value is -1.33. The molecular formula is C13H9Br2NO2. The van der Waals surface area contributed by atoms with Gasteiger partial charge in [0, 0.05) is 10.2 Å². The molecule has 0 atom stereocenters. The van der Waals surface area contributed by atoms with Gasteiger partial charge < -0.3 is 10.4 Å². The summed E-state index contributed by atoms with van der Waals surface area (Å²) in [5.74, 6) is -0.440. The summed E-state index contributed by atoms with van der Waals surface area (Å²) in [5, 5.41) is 12.6. The first-order valence-electron chi connectivity index (χ1n) is 5.13. The average molecular weight is 371 g/mol. The molecule has 0 aromatic heterocycles. The normalized spacial score (nSPS) is 10.1. The van der Waals surface area contributed by atoms with Crippen LogP contribution < -0.4 is 5.32 Å². The van der Waals surface area contributed by atoms with Crippen molar-refractivity contribution in [3.63, 3.8) is 0 Å². The topological polar surface area (TPSA) is 49.3 Å². The molecule has 0 radical (unpaired) electrons. The monoisotopic (exact) mass is 369 g/mol. The maximum absolute atomic E-state index is 12.0. The zero-order chi connectivity index (χ0) is 13.1. The smallest absolute Gasteiger partial charge is 0.259 e. The molecule has 0 bridgehead atoms. The molecule has 0 fully saturated rings. The van der Waals surface area contributed by atoms with E-state index in [1.807, 2.05) is 18.2 Å². The highest BCUT2D eigenvalue weighted by Gasteiger charge is 2.15. The number of para-hydroxylation sites is 1. The lowest BCUT2D eigenvalue weighted by atomic mass is 10.2. The molecule has 0 unspecified atom stereocenters. The number of nitrogens with one attached hydrogen (secondary N) is 1. The molecule has 2 aromatic carbocycles. The van der Waals surface area contributed by atoms with Crippen molar-refractivity contribution in [2.75, 3.05) is 5.32 Å². The van der Waals surface area contributed by atoms with Crippen LogP contribution in [0.3, 0.4) is 0 Å². The van der Waals surface area contributed by atoms with Crippen molar-refractivity contribution in [3.8, 4) is 5.75 Å². The van der Waals surface area contributed by atoms with E-state index < -0.39 is 0 Å². The number of phenolic OH excluding ortho intramolecular Hbond substituents is 1. The van der Waals surface area contributed by atoms with Crippen LogP contribution in [-0.4, -0.2) is 11.0 Å². The van der Waals surface area contributed by atoms with Crippen LogP contribution in [0.1, 0.15) is 10.4 Å². The molecule has 0 aliphatic heterocycles. The highest BCUT2D eigenvalue weighted by Crippen LogP contribution is 2.34. The van der Waals surface area contributed by atoms with Gasteiger partial charge in [-0.05, 0) is 56.1 Å². The molecule has 0 heterocycles. The van der Waals surface area contributed by atoms with Crippen LogP contribution in [0, 0.1) is 0 Å². The Morgan fingerprint density at radius 2 is 1.72 bits per heavy atom. The Bertz CT molecular complexity index is 585. The van der Waals surface area contributed by atoms with Gasteiger partial charge >= 0.3 is 0 Å². The molecule has 2 rings (SSSR count). The van der Waals surface area contributed by atoms with Crippen LogP contribution in [-0.2, 0) is 0 Å². The number of carbonyl (C=O) groups excluding carboxylic acids is 1. The quantitative estimate of drug-likeness (QED) is 0.833. The number of halogens is 2. The fourth-order valence-electron chi connectivity index (χ4n) is 1.44. The molecule has 0 aliphatic rings. The number of hydrogen-bond acceptors (Lipinski definition) is 2. The van der Waals surface area contributed by atoms with Crippen LogP contribution in [0.25, 0.3) is 0 Å². The Kier molecular flexibility index (Phi) is 4.04. The van der Waals surface area contributed by atoms with E-state index in [4.69, 9.17) is 0 Å². The van der Waals surface area contributed by atoms with Crippen LogP contribution in [0.2, 0.25) is 0 Å². The molecule has 18 heavy (non-hydrogen) atoms. The number of aromatic hydroxyl groups is 1. The summed E-state index contributed by atoms with van der Waals surface area (Å²) in [6, 6.07) is 12.3. The first-order chi connectivity index (χ1) is 8.59. The number of hydrogen-bond donors (Lipinski definition) is 2. The lowest BCUT2D eigenvalue weighted by Gasteiger charge is -2.08. The van der Waals surface area contributed by atoms with Crippen LogP contribution in [0.5, 0.6) is 5.75 Å². The van der Waals surface area contributed by atoms with Gasteiger partial charge in [0.15, 0.2) is 0 Å². The molecule has 92 valence electrons. The second-order valence-electron chi connectivity index (χ2n) is 3.58. The largest absolute Gasteiger partial charge is 0.506 e.